The van der Waals surface area contributed by atoms with Crippen molar-refractivity contribution in [3.8, 4) is 0 Å². The largest absolute Gasteiger partial charge is 0.511 e. The molecule has 0 aromatic heterocycles. The quantitative estimate of drug-likeness (QED) is 0.315. The first kappa shape index (κ1) is 32.0. The van der Waals surface area contributed by atoms with E-state index < -0.39 is 31.4 Å². The summed E-state index contributed by atoms with van der Waals surface area (Å²) in [5, 5.41) is 15.0. The summed E-state index contributed by atoms with van der Waals surface area (Å²) in [7, 11) is -8.03. The van der Waals surface area contributed by atoms with Crippen LogP contribution >= 0.6 is 0 Å². The van der Waals surface area contributed by atoms with Crippen molar-refractivity contribution in [3.63, 3.8) is 0 Å². The molecule has 11 nitrogen and oxygen atoms in total. The van der Waals surface area contributed by atoms with Crippen molar-refractivity contribution in [3.05, 3.63) is 65.4 Å². The second kappa shape index (κ2) is 12.5. The van der Waals surface area contributed by atoms with Gasteiger partial charge in [0.25, 0.3) is 15.9 Å². The van der Waals surface area contributed by atoms with Gasteiger partial charge < -0.3 is 20.1 Å². The van der Waals surface area contributed by atoms with Gasteiger partial charge in [0.1, 0.15) is 16.2 Å². The number of nitrogens with one attached hydrogen (secondary N) is 2. The molecule has 3 N–H and O–H groups in total. The summed E-state index contributed by atoms with van der Waals surface area (Å²) in [5.74, 6) is -0.658. The Morgan fingerprint density at radius 2 is 1.86 bits per heavy atom. The predicted molar refractivity (Wildman–Crippen MR) is 169 cm³/mol. The normalized spacial score (nSPS) is 22.1. The number of sulfonamides is 2. The lowest BCUT2D eigenvalue weighted by Crippen LogP contribution is -2.55. The molecule has 1 fully saturated rings. The molecule has 0 saturated heterocycles. The monoisotopic (exact) mass is 644 g/mol. The first-order chi connectivity index (χ1) is 20.8. The number of benzene rings is 2. The standard InChI is InChI=1S/C31H40N4O7S2/c1-21(2)15-16-31(20-42-18-22-9-5-4-6-10-22)19-35(24-11-7-8-12-24)30(37)27(28(31)36)29-32-25-14-13-23(33-43(3,38)39)17-26(25)44(40,41)34-29/h4-6,9-10,13-14,17,21,24,33,36H,7-8,11-12,15-16,18-20H2,1-3H3,(H,32,34). The number of carbonyl (C=O) groups excluding carboxylic acids is 1. The van der Waals surface area contributed by atoms with Crippen LogP contribution in [0.3, 0.4) is 0 Å². The molecule has 1 amide bonds. The number of aliphatic hydroxyl groups is 1. The number of ether oxygens (including phenoxy) is 1. The van der Waals surface area contributed by atoms with Gasteiger partial charge in [-0.05, 0) is 55.4 Å². The number of nitrogens with zero attached hydrogens (tertiary/aromatic N) is 2. The Hall–Kier alpha value is -3.42. The predicted octanol–water partition coefficient (Wildman–Crippen LogP) is 4.81. The molecule has 2 heterocycles. The topological polar surface area (TPSA) is 154 Å². The van der Waals surface area contributed by atoms with E-state index in [1.807, 2.05) is 30.3 Å². The Bertz CT molecular complexity index is 1680. The second-order valence-corrected chi connectivity index (χ2v) is 15.7. The molecule has 2 aromatic rings. The maximum atomic E-state index is 14.2. The lowest BCUT2D eigenvalue weighted by Gasteiger charge is -2.45. The zero-order valence-electron chi connectivity index (χ0n) is 25.2. The molecule has 0 bridgehead atoms. The van der Waals surface area contributed by atoms with E-state index in [1.165, 1.54) is 18.2 Å². The number of fused-ring (bicyclic) bond motifs is 1. The SMILES string of the molecule is CC(C)CCC1(COCc2ccccc2)CN(C2CCCC2)C(=O)C(C2=NS(=O)(=O)c3cc(NS(C)(=O)=O)ccc3N2)=C1O. The fourth-order valence-electron chi connectivity index (χ4n) is 6.14. The van der Waals surface area contributed by atoms with Crippen LogP contribution in [0.25, 0.3) is 0 Å². The van der Waals surface area contributed by atoms with Gasteiger partial charge in [0.05, 0.1) is 30.6 Å². The van der Waals surface area contributed by atoms with Crippen molar-refractivity contribution in [2.75, 3.05) is 29.4 Å². The molecule has 0 spiro atoms. The van der Waals surface area contributed by atoms with Gasteiger partial charge in [-0.1, -0.05) is 57.0 Å². The lowest BCUT2D eigenvalue weighted by atomic mass is 9.75. The summed E-state index contributed by atoms with van der Waals surface area (Å²) in [6.07, 6.45) is 5.83. The summed E-state index contributed by atoms with van der Waals surface area (Å²) in [6, 6.07) is 13.6. The van der Waals surface area contributed by atoms with E-state index in [2.05, 4.69) is 28.3 Å². The molecule has 238 valence electrons. The van der Waals surface area contributed by atoms with Crippen molar-refractivity contribution in [1.82, 2.24) is 4.90 Å². The molecule has 44 heavy (non-hydrogen) atoms. The van der Waals surface area contributed by atoms with Gasteiger partial charge in [0.2, 0.25) is 10.0 Å². The number of carbonyl (C=O) groups is 1. The van der Waals surface area contributed by atoms with Gasteiger partial charge in [-0.2, -0.15) is 8.42 Å². The van der Waals surface area contributed by atoms with E-state index in [4.69, 9.17) is 4.74 Å². The second-order valence-electron chi connectivity index (χ2n) is 12.4. The fourth-order valence-corrected chi connectivity index (χ4v) is 7.84. The third-order valence-electron chi connectivity index (χ3n) is 8.41. The number of aliphatic hydroxyl groups excluding tert-OH is 1. The summed E-state index contributed by atoms with van der Waals surface area (Å²) in [4.78, 5) is 15.7. The molecule has 5 rings (SSSR count). The maximum Gasteiger partial charge on any atom is 0.286 e. The third-order valence-corrected chi connectivity index (χ3v) is 10.3. The van der Waals surface area contributed by atoms with Crippen LogP contribution in [-0.4, -0.2) is 64.0 Å². The number of rotatable bonds is 11. The van der Waals surface area contributed by atoms with Crippen LogP contribution in [0.1, 0.15) is 57.9 Å². The Kier molecular flexibility index (Phi) is 9.11. The van der Waals surface area contributed by atoms with Crippen LogP contribution in [-0.2, 0) is 36.2 Å². The smallest absolute Gasteiger partial charge is 0.286 e. The van der Waals surface area contributed by atoms with Gasteiger partial charge in [-0.25, -0.2) is 8.42 Å². The molecule has 1 unspecified atom stereocenters. The minimum absolute atomic E-state index is 0.0455. The van der Waals surface area contributed by atoms with Crippen LogP contribution in [0.5, 0.6) is 0 Å². The van der Waals surface area contributed by atoms with Crippen molar-refractivity contribution in [1.29, 1.82) is 0 Å². The summed E-state index contributed by atoms with van der Waals surface area (Å²) in [5.41, 5.74) is -0.0131. The third kappa shape index (κ3) is 6.94. The Balaban J connectivity index is 1.58. The van der Waals surface area contributed by atoms with Crippen molar-refractivity contribution >= 4 is 43.2 Å². The Morgan fingerprint density at radius 3 is 2.52 bits per heavy atom. The van der Waals surface area contributed by atoms with Gasteiger partial charge >= 0.3 is 0 Å². The van der Waals surface area contributed by atoms with Crippen molar-refractivity contribution in [2.24, 2.45) is 15.7 Å². The molecule has 13 heteroatoms. The molecular weight excluding hydrogens is 604 g/mol. The molecule has 0 radical (unpaired) electrons. The number of hydrogen-bond donors (Lipinski definition) is 3. The fraction of sp³-hybridized carbons (Fsp3) is 0.484. The van der Waals surface area contributed by atoms with Crippen molar-refractivity contribution in [2.45, 2.75) is 69.9 Å². The summed E-state index contributed by atoms with van der Waals surface area (Å²) >= 11 is 0. The number of amidine groups is 1. The lowest BCUT2D eigenvalue weighted by molar-refractivity contribution is -0.134. The molecular formula is C31H40N4O7S2. The first-order valence-corrected chi connectivity index (χ1v) is 18.2. The van der Waals surface area contributed by atoms with Crippen LogP contribution < -0.4 is 10.0 Å². The van der Waals surface area contributed by atoms with Crippen molar-refractivity contribution < 1.29 is 31.5 Å². The Labute approximate surface area is 259 Å². The van der Waals surface area contributed by atoms with E-state index in [-0.39, 0.29) is 52.6 Å². The highest BCUT2D eigenvalue weighted by atomic mass is 32.2. The highest BCUT2D eigenvalue weighted by molar-refractivity contribution is 7.92. The van der Waals surface area contributed by atoms with E-state index >= 15 is 0 Å². The van der Waals surface area contributed by atoms with Crippen LogP contribution in [0.2, 0.25) is 0 Å². The van der Waals surface area contributed by atoms with Gasteiger partial charge in [-0.15, -0.1) is 4.40 Å². The average molecular weight is 645 g/mol. The highest BCUT2D eigenvalue weighted by Crippen LogP contribution is 2.44. The molecule has 2 aromatic carbocycles. The van der Waals surface area contributed by atoms with Crippen LogP contribution in [0.4, 0.5) is 11.4 Å². The highest BCUT2D eigenvalue weighted by Gasteiger charge is 2.50. The maximum absolute atomic E-state index is 14.2. The van der Waals surface area contributed by atoms with E-state index in [0.29, 0.717) is 18.9 Å². The number of anilines is 2. The molecule has 2 aliphatic heterocycles. The minimum atomic E-state index is -4.37. The number of hydrogen-bond acceptors (Lipinski definition) is 8. The first-order valence-electron chi connectivity index (χ1n) is 14.9. The number of amides is 1. The van der Waals surface area contributed by atoms with Crippen LogP contribution in [0.15, 0.2) is 69.2 Å². The zero-order valence-corrected chi connectivity index (χ0v) is 26.9. The molecule has 1 saturated carbocycles. The van der Waals surface area contributed by atoms with Gasteiger partial charge in [0, 0.05) is 18.3 Å². The van der Waals surface area contributed by atoms with Gasteiger partial charge in [0.15, 0.2) is 5.84 Å². The molecule has 1 atom stereocenters. The van der Waals surface area contributed by atoms with E-state index in [0.717, 1.165) is 43.9 Å². The Morgan fingerprint density at radius 1 is 1.16 bits per heavy atom. The van der Waals surface area contributed by atoms with E-state index in [9.17, 15) is 26.7 Å². The zero-order chi connectivity index (χ0) is 31.7. The van der Waals surface area contributed by atoms with Crippen LogP contribution in [0, 0.1) is 11.3 Å². The summed E-state index contributed by atoms with van der Waals surface area (Å²) in [6.45, 7) is 4.87. The van der Waals surface area contributed by atoms with E-state index in [1.54, 1.807) is 4.90 Å². The average Bonchev–Trinajstić information content (AvgIpc) is 3.48. The van der Waals surface area contributed by atoms with Gasteiger partial charge in [-0.3, -0.25) is 9.52 Å². The summed E-state index contributed by atoms with van der Waals surface area (Å²) < 4.78 is 62.8. The minimum Gasteiger partial charge on any atom is -0.511 e. The molecule has 3 aliphatic rings. The molecule has 1 aliphatic carbocycles.